The number of aromatic amines is 1. The summed E-state index contributed by atoms with van der Waals surface area (Å²) in [7, 11) is 2.20. The number of aromatic nitrogens is 2. The van der Waals surface area contributed by atoms with E-state index in [0.717, 1.165) is 40.9 Å². The van der Waals surface area contributed by atoms with Crippen LogP contribution in [0.25, 0.3) is 11.0 Å². The fraction of sp³-hybridized carbons (Fsp3) is 0.562. The molecule has 2 unspecified atom stereocenters. The Labute approximate surface area is 130 Å². The summed E-state index contributed by atoms with van der Waals surface area (Å²) in [5.41, 5.74) is 2.18. The Bertz CT molecular complexity index is 690. The molecule has 1 fully saturated rings. The molecule has 0 amide bonds. The van der Waals surface area contributed by atoms with Crippen molar-refractivity contribution in [2.75, 3.05) is 20.2 Å². The molecule has 1 N–H and O–H groups in total. The Hall–Kier alpha value is -1.33. The van der Waals surface area contributed by atoms with Gasteiger partial charge in [-0.2, -0.15) is 0 Å². The first-order valence-corrected chi connectivity index (χ1v) is 8.09. The summed E-state index contributed by atoms with van der Waals surface area (Å²) in [6.45, 7) is 6.07. The van der Waals surface area contributed by atoms with E-state index >= 15 is 0 Å². The van der Waals surface area contributed by atoms with Gasteiger partial charge in [-0.25, -0.2) is 0 Å². The van der Waals surface area contributed by atoms with Crippen molar-refractivity contribution in [1.29, 1.82) is 0 Å². The third-order valence-corrected chi connectivity index (χ3v) is 4.86. The zero-order valence-electron chi connectivity index (χ0n) is 12.9. The van der Waals surface area contributed by atoms with Crippen LogP contribution in [0.15, 0.2) is 18.2 Å². The number of ether oxygens (including phenoxy) is 1. The summed E-state index contributed by atoms with van der Waals surface area (Å²) in [4.78, 5) is 5.76. The molecule has 2 heterocycles. The van der Waals surface area contributed by atoms with Crippen molar-refractivity contribution in [3.05, 3.63) is 23.0 Å². The van der Waals surface area contributed by atoms with Crippen molar-refractivity contribution in [1.82, 2.24) is 14.5 Å². The fourth-order valence-electron chi connectivity index (χ4n) is 3.26. The lowest BCUT2D eigenvalue weighted by Crippen LogP contribution is -2.38. The molecule has 1 aliphatic heterocycles. The second kappa shape index (κ2) is 5.81. The van der Waals surface area contributed by atoms with Crippen LogP contribution in [0.2, 0.25) is 0 Å². The van der Waals surface area contributed by atoms with Crippen LogP contribution >= 0.6 is 12.2 Å². The third kappa shape index (κ3) is 2.60. The van der Waals surface area contributed by atoms with Crippen molar-refractivity contribution in [2.24, 2.45) is 0 Å². The van der Waals surface area contributed by atoms with E-state index < -0.39 is 0 Å². The van der Waals surface area contributed by atoms with Crippen LogP contribution in [0.5, 0.6) is 5.75 Å². The summed E-state index contributed by atoms with van der Waals surface area (Å²) >= 11 is 5.58. The summed E-state index contributed by atoms with van der Waals surface area (Å²) in [6.07, 6.45) is 2.28. The quantitative estimate of drug-likeness (QED) is 0.877. The van der Waals surface area contributed by atoms with Gasteiger partial charge in [0.2, 0.25) is 0 Å². The number of nitrogens with one attached hydrogen (secondary N) is 1. The van der Waals surface area contributed by atoms with Gasteiger partial charge in [-0.05, 0) is 58.1 Å². The molecule has 0 radical (unpaired) electrons. The normalized spacial score (nSPS) is 23.6. The molecule has 114 valence electrons. The molecule has 0 aliphatic carbocycles. The first kappa shape index (κ1) is 14.6. The number of nitrogens with zero attached hydrogens (tertiary/aromatic N) is 2. The predicted molar refractivity (Wildman–Crippen MR) is 88.7 cm³/mol. The molecule has 0 bridgehead atoms. The second-order valence-electron chi connectivity index (χ2n) is 5.89. The molecular formula is C16H23N3OS. The summed E-state index contributed by atoms with van der Waals surface area (Å²) in [5, 5.41) is 0. The number of piperidine rings is 1. The Balaban J connectivity index is 2.05. The van der Waals surface area contributed by atoms with Crippen LogP contribution in [0.4, 0.5) is 0 Å². The minimum absolute atomic E-state index is 0.467. The maximum absolute atomic E-state index is 5.71. The number of rotatable bonds is 3. The first-order valence-electron chi connectivity index (χ1n) is 7.68. The summed E-state index contributed by atoms with van der Waals surface area (Å²) < 4.78 is 8.81. The number of hydrogen-bond acceptors (Lipinski definition) is 3. The largest absolute Gasteiger partial charge is 0.492 e. The number of H-pyrrole nitrogens is 1. The Morgan fingerprint density at radius 2 is 2.24 bits per heavy atom. The molecule has 1 saturated heterocycles. The topological polar surface area (TPSA) is 33.2 Å². The van der Waals surface area contributed by atoms with Gasteiger partial charge in [0.05, 0.1) is 12.1 Å². The van der Waals surface area contributed by atoms with E-state index in [1.165, 1.54) is 0 Å². The second-order valence-corrected chi connectivity index (χ2v) is 6.28. The van der Waals surface area contributed by atoms with Gasteiger partial charge in [0.15, 0.2) is 4.77 Å². The minimum atomic E-state index is 0.467. The summed E-state index contributed by atoms with van der Waals surface area (Å²) in [5.74, 6) is 0.890. The Morgan fingerprint density at radius 3 is 2.95 bits per heavy atom. The molecule has 1 aliphatic rings. The number of benzene rings is 1. The smallest absolute Gasteiger partial charge is 0.178 e. The molecule has 3 rings (SSSR count). The van der Waals surface area contributed by atoms with Gasteiger partial charge in [-0.1, -0.05) is 6.07 Å². The van der Waals surface area contributed by atoms with Gasteiger partial charge in [0.25, 0.3) is 0 Å². The lowest BCUT2D eigenvalue weighted by Gasteiger charge is -2.35. The number of imidazole rings is 1. The SMILES string of the molecule is CCOc1cccc2c1[nH]c(=S)n2C1CCN(C)C(C)C1. The van der Waals surface area contributed by atoms with E-state index in [1.54, 1.807) is 0 Å². The van der Waals surface area contributed by atoms with E-state index in [1.807, 2.05) is 19.1 Å². The zero-order chi connectivity index (χ0) is 15.0. The first-order chi connectivity index (χ1) is 10.1. The average molecular weight is 305 g/mol. The van der Waals surface area contributed by atoms with Crippen molar-refractivity contribution in [2.45, 2.75) is 38.8 Å². The van der Waals surface area contributed by atoms with E-state index in [9.17, 15) is 0 Å². The van der Waals surface area contributed by atoms with Crippen LogP contribution in [-0.4, -0.2) is 40.7 Å². The maximum Gasteiger partial charge on any atom is 0.178 e. The van der Waals surface area contributed by atoms with E-state index in [-0.39, 0.29) is 0 Å². The highest BCUT2D eigenvalue weighted by Crippen LogP contribution is 2.32. The van der Waals surface area contributed by atoms with Gasteiger partial charge in [0, 0.05) is 18.6 Å². The predicted octanol–water partition coefficient (Wildman–Crippen LogP) is 3.75. The molecule has 1 aromatic carbocycles. The molecule has 5 heteroatoms. The summed E-state index contributed by atoms with van der Waals surface area (Å²) in [6, 6.07) is 7.23. The monoisotopic (exact) mass is 305 g/mol. The van der Waals surface area contributed by atoms with Crippen LogP contribution in [0, 0.1) is 4.77 Å². The van der Waals surface area contributed by atoms with Crippen LogP contribution in [0.3, 0.4) is 0 Å². The van der Waals surface area contributed by atoms with E-state index in [2.05, 4.69) is 34.5 Å². The Morgan fingerprint density at radius 1 is 1.43 bits per heavy atom. The molecule has 1 aromatic heterocycles. The van der Waals surface area contributed by atoms with Gasteiger partial charge in [0.1, 0.15) is 11.3 Å². The lowest BCUT2D eigenvalue weighted by atomic mass is 9.98. The molecule has 2 aromatic rings. The van der Waals surface area contributed by atoms with Gasteiger partial charge in [-0.3, -0.25) is 0 Å². The highest BCUT2D eigenvalue weighted by Gasteiger charge is 2.26. The van der Waals surface area contributed by atoms with E-state index in [0.29, 0.717) is 18.7 Å². The number of hydrogen-bond donors (Lipinski definition) is 1. The van der Waals surface area contributed by atoms with Crippen molar-refractivity contribution in [3.63, 3.8) is 0 Å². The van der Waals surface area contributed by atoms with Crippen LogP contribution < -0.4 is 4.74 Å². The zero-order valence-corrected chi connectivity index (χ0v) is 13.7. The molecule has 0 spiro atoms. The maximum atomic E-state index is 5.71. The number of likely N-dealkylation sites (tertiary alicyclic amines) is 1. The third-order valence-electron chi connectivity index (χ3n) is 4.56. The van der Waals surface area contributed by atoms with Gasteiger partial charge < -0.3 is 19.2 Å². The molecule has 2 atom stereocenters. The molecule has 4 nitrogen and oxygen atoms in total. The van der Waals surface area contributed by atoms with Crippen molar-refractivity contribution in [3.8, 4) is 5.75 Å². The number of para-hydroxylation sites is 1. The van der Waals surface area contributed by atoms with Crippen LogP contribution in [-0.2, 0) is 0 Å². The van der Waals surface area contributed by atoms with Gasteiger partial charge >= 0.3 is 0 Å². The van der Waals surface area contributed by atoms with Crippen molar-refractivity contribution < 1.29 is 4.74 Å². The molecule has 21 heavy (non-hydrogen) atoms. The molecule has 0 saturated carbocycles. The van der Waals surface area contributed by atoms with Crippen molar-refractivity contribution >= 4 is 23.3 Å². The van der Waals surface area contributed by atoms with Crippen LogP contribution in [0.1, 0.15) is 32.7 Å². The lowest BCUT2D eigenvalue weighted by molar-refractivity contribution is 0.158. The minimum Gasteiger partial charge on any atom is -0.492 e. The van der Waals surface area contributed by atoms with E-state index in [4.69, 9.17) is 17.0 Å². The Kier molecular flexibility index (Phi) is 4.04. The highest BCUT2D eigenvalue weighted by molar-refractivity contribution is 7.71. The fourth-order valence-corrected chi connectivity index (χ4v) is 3.61. The standard InChI is InChI=1S/C16H23N3OS/c1-4-20-14-7-5-6-13-15(14)17-16(21)19(13)12-8-9-18(3)11(2)10-12/h5-7,11-12H,4,8-10H2,1-3H3,(H,17,21). The molecular weight excluding hydrogens is 282 g/mol. The van der Waals surface area contributed by atoms with Gasteiger partial charge in [-0.15, -0.1) is 0 Å². The highest BCUT2D eigenvalue weighted by atomic mass is 32.1. The average Bonchev–Trinajstić information content (AvgIpc) is 2.80. The number of fused-ring (bicyclic) bond motifs is 1.